The molecule has 3 aliphatic rings. The van der Waals surface area contributed by atoms with E-state index in [0.717, 1.165) is 49.1 Å². The molecule has 1 N–H and O–H groups in total. The van der Waals surface area contributed by atoms with Gasteiger partial charge in [0.05, 0.1) is 18.8 Å². The van der Waals surface area contributed by atoms with E-state index < -0.39 is 11.7 Å². The van der Waals surface area contributed by atoms with Gasteiger partial charge in [0, 0.05) is 67.2 Å². The van der Waals surface area contributed by atoms with Crippen molar-refractivity contribution < 1.29 is 13.9 Å². The Labute approximate surface area is 210 Å². The molecular weight excluding hydrogens is 457 g/mol. The Balaban J connectivity index is 1.15. The molecule has 3 fully saturated rings. The predicted octanol–water partition coefficient (Wildman–Crippen LogP) is 3.93. The predicted molar refractivity (Wildman–Crippen MR) is 138 cm³/mol. The molecule has 0 radical (unpaired) electrons. The van der Waals surface area contributed by atoms with Crippen molar-refractivity contribution in [2.24, 2.45) is 5.92 Å². The summed E-state index contributed by atoms with van der Waals surface area (Å²) in [6.07, 6.45) is 3.47. The lowest BCUT2D eigenvalue weighted by molar-refractivity contribution is -0.117. The number of amides is 1. The van der Waals surface area contributed by atoms with Gasteiger partial charge in [-0.3, -0.25) is 14.7 Å². The van der Waals surface area contributed by atoms with Crippen LogP contribution in [0.3, 0.4) is 0 Å². The molecule has 2 aromatic heterocycles. The molecule has 7 nitrogen and oxygen atoms in total. The Bertz CT molecular complexity index is 1280. The number of aryl methyl sites for hydroxylation is 1. The third-order valence-electron chi connectivity index (χ3n) is 8.16. The number of alkyl halides is 1. The van der Waals surface area contributed by atoms with Gasteiger partial charge in [-0.25, -0.2) is 9.37 Å². The highest BCUT2D eigenvalue weighted by Gasteiger charge is 2.46. The zero-order valence-corrected chi connectivity index (χ0v) is 20.8. The van der Waals surface area contributed by atoms with E-state index >= 15 is 0 Å². The van der Waals surface area contributed by atoms with Crippen LogP contribution >= 0.6 is 0 Å². The Morgan fingerprint density at radius 1 is 1.14 bits per heavy atom. The second kappa shape index (κ2) is 9.09. The van der Waals surface area contributed by atoms with Gasteiger partial charge in [0.1, 0.15) is 12.0 Å². The summed E-state index contributed by atoms with van der Waals surface area (Å²) in [4.78, 5) is 26.3. The van der Waals surface area contributed by atoms with Crippen molar-refractivity contribution in [2.45, 2.75) is 37.9 Å². The molecule has 1 aliphatic carbocycles. The lowest BCUT2D eigenvalue weighted by atomic mass is 9.96. The molecular formula is C28H32FN5O2. The summed E-state index contributed by atoms with van der Waals surface area (Å²) in [5, 5.41) is 5.09. The van der Waals surface area contributed by atoms with E-state index in [1.54, 1.807) is 6.20 Å². The standard InChI is InChI=1S/C28H32FN5O2/c1-18-11-20-15-31-26(32-27(35)22-14-21(22)23-5-3-4-6-30-23)13-19(20)12-24(18)33-7-9-34(10-8-33)28(2)17-36-16-25(28)29/h3-6,11-13,15,21-22,25H,7-10,14,16-17H2,1-2H3,(H,31,32,35). The Hall–Kier alpha value is -3.10. The van der Waals surface area contributed by atoms with Crippen LogP contribution < -0.4 is 10.2 Å². The van der Waals surface area contributed by atoms with Crippen molar-refractivity contribution >= 4 is 28.2 Å². The topological polar surface area (TPSA) is 70.6 Å². The number of anilines is 2. The van der Waals surface area contributed by atoms with Gasteiger partial charge in [0.25, 0.3) is 0 Å². The summed E-state index contributed by atoms with van der Waals surface area (Å²) in [5.74, 6) is 0.696. The molecule has 36 heavy (non-hydrogen) atoms. The van der Waals surface area contributed by atoms with Crippen molar-refractivity contribution in [2.75, 3.05) is 49.6 Å². The average Bonchev–Trinajstić information content (AvgIpc) is 3.63. The molecule has 6 rings (SSSR count). The molecule has 8 heteroatoms. The van der Waals surface area contributed by atoms with Gasteiger partial charge in [-0.2, -0.15) is 0 Å². The first-order valence-corrected chi connectivity index (χ1v) is 12.8. The zero-order valence-electron chi connectivity index (χ0n) is 20.8. The maximum Gasteiger partial charge on any atom is 0.229 e. The molecule has 188 valence electrons. The monoisotopic (exact) mass is 489 g/mol. The number of carbonyl (C=O) groups is 1. The molecule has 1 amide bonds. The smallest absolute Gasteiger partial charge is 0.229 e. The third kappa shape index (κ3) is 4.22. The second-order valence-electron chi connectivity index (χ2n) is 10.6. The van der Waals surface area contributed by atoms with Crippen LogP contribution in [-0.4, -0.2) is 71.9 Å². The first kappa shape index (κ1) is 23.3. The van der Waals surface area contributed by atoms with E-state index in [-0.39, 0.29) is 24.3 Å². The van der Waals surface area contributed by atoms with Crippen LogP contribution in [0.15, 0.2) is 48.8 Å². The Morgan fingerprint density at radius 2 is 1.97 bits per heavy atom. The number of hydrogen-bond donors (Lipinski definition) is 1. The van der Waals surface area contributed by atoms with Crippen LogP contribution in [0, 0.1) is 12.8 Å². The summed E-state index contributed by atoms with van der Waals surface area (Å²) in [6, 6.07) is 12.1. The highest BCUT2D eigenvalue weighted by Crippen LogP contribution is 2.47. The number of nitrogens with zero attached hydrogens (tertiary/aromatic N) is 4. The van der Waals surface area contributed by atoms with Crippen LogP contribution in [0.5, 0.6) is 0 Å². The number of ether oxygens (including phenoxy) is 1. The maximum atomic E-state index is 14.5. The fourth-order valence-corrected chi connectivity index (χ4v) is 5.72. The quantitative estimate of drug-likeness (QED) is 0.586. The van der Waals surface area contributed by atoms with E-state index in [0.29, 0.717) is 12.4 Å². The number of benzene rings is 1. The molecule has 4 heterocycles. The minimum Gasteiger partial charge on any atom is -0.376 e. The van der Waals surface area contributed by atoms with Gasteiger partial charge in [-0.15, -0.1) is 0 Å². The lowest BCUT2D eigenvalue weighted by Gasteiger charge is -2.45. The van der Waals surface area contributed by atoms with Crippen molar-refractivity contribution in [3.8, 4) is 0 Å². The molecule has 4 atom stereocenters. The SMILES string of the molecule is Cc1cc2cnc(NC(=O)C3CC3c3ccccn3)cc2cc1N1CCN(C2(C)COCC2F)CC1. The van der Waals surface area contributed by atoms with Crippen molar-refractivity contribution in [1.82, 2.24) is 14.9 Å². The first-order valence-electron chi connectivity index (χ1n) is 12.8. The Kier molecular flexibility index (Phi) is 5.88. The number of halogens is 1. The van der Waals surface area contributed by atoms with Crippen LogP contribution in [0.4, 0.5) is 15.9 Å². The largest absolute Gasteiger partial charge is 0.376 e. The van der Waals surface area contributed by atoms with E-state index in [2.05, 4.69) is 44.1 Å². The minimum atomic E-state index is -0.942. The van der Waals surface area contributed by atoms with Crippen LogP contribution in [0.1, 0.15) is 30.5 Å². The van der Waals surface area contributed by atoms with Crippen molar-refractivity contribution in [1.29, 1.82) is 0 Å². The first-order chi connectivity index (χ1) is 17.4. The molecule has 1 saturated carbocycles. The number of aromatic nitrogens is 2. The number of pyridine rings is 2. The normalized spacial score (nSPS) is 28.4. The van der Waals surface area contributed by atoms with Crippen LogP contribution in [-0.2, 0) is 9.53 Å². The van der Waals surface area contributed by atoms with Gasteiger partial charge < -0.3 is 15.0 Å². The van der Waals surface area contributed by atoms with E-state index in [4.69, 9.17) is 4.74 Å². The fourth-order valence-electron chi connectivity index (χ4n) is 5.72. The molecule has 4 unspecified atom stereocenters. The van der Waals surface area contributed by atoms with E-state index in [9.17, 15) is 9.18 Å². The third-order valence-corrected chi connectivity index (χ3v) is 8.16. The van der Waals surface area contributed by atoms with Crippen LogP contribution in [0.25, 0.3) is 10.8 Å². The van der Waals surface area contributed by atoms with Gasteiger partial charge in [-0.05, 0) is 61.5 Å². The summed E-state index contributed by atoms with van der Waals surface area (Å²) < 4.78 is 19.9. The number of fused-ring (bicyclic) bond motifs is 1. The van der Waals surface area contributed by atoms with Gasteiger partial charge in [0.15, 0.2) is 0 Å². The summed E-state index contributed by atoms with van der Waals surface area (Å²) in [7, 11) is 0. The van der Waals surface area contributed by atoms with Crippen molar-refractivity contribution in [3.05, 3.63) is 60.0 Å². The highest BCUT2D eigenvalue weighted by atomic mass is 19.1. The number of rotatable bonds is 5. The number of carbonyl (C=O) groups excluding carboxylic acids is 1. The van der Waals surface area contributed by atoms with Crippen LogP contribution in [0.2, 0.25) is 0 Å². The molecule has 2 aliphatic heterocycles. The number of nitrogens with one attached hydrogen (secondary N) is 1. The maximum absolute atomic E-state index is 14.5. The van der Waals surface area contributed by atoms with Crippen molar-refractivity contribution in [3.63, 3.8) is 0 Å². The molecule has 0 bridgehead atoms. The van der Waals surface area contributed by atoms with Gasteiger partial charge in [-0.1, -0.05) is 6.07 Å². The molecule has 3 aromatic rings. The minimum absolute atomic E-state index is 0.00323. The zero-order chi connectivity index (χ0) is 24.9. The Morgan fingerprint density at radius 3 is 2.69 bits per heavy atom. The number of piperazine rings is 1. The summed E-state index contributed by atoms with van der Waals surface area (Å²) in [5.41, 5.74) is 2.80. The molecule has 1 aromatic carbocycles. The van der Waals surface area contributed by atoms with Gasteiger partial charge >= 0.3 is 0 Å². The average molecular weight is 490 g/mol. The number of hydrogen-bond acceptors (Lipinski definition) is 6. The molecule has 0 spiro atoms. The summed E-state index contributed by atoms with van der Waals surface area (Å²) in [6.45, 7) is 8.00. The second-order valence-corrected chi connectivity index (χ2v) is 10.6. The fraction of sp³-hybridized carbons (Fsp3) is 0.464. The van der Waals surface area contributed by atoms with E-state index in [1.165, 1.54) is 11.3 Å². The highest BCUT2D eigenvalue weighted by molar-refractivity contribution is 5.97. The molecule has 2 saturated heterocycles. The van der Waals surface area contributed by atoms with Gasteiger partial charge in [0.2, 0.25) is 5.91 Å². The van der Waals surface area contributed by atoms with E-state index in [1.807, 2.05) is 37.4 Å². The summed E-state index contributed by atoms with van der Waals surface area (Å²) >= 11 is 0. The lowest BCUT2D eigenvalue weighted by Crippen LogP contribution is -2.59.